The van der Waals surface area contributed by atoms with Crippen molar-refractivity contribution >= 4 is 44.0 Å². The molecule has 3 rings (SSSR count). The molecule has 2 aromatic carbocycles. The lowest BCUT2D eigenvalue weighted by atomic mass is 10.1. The van der Waals surface area contributed by atoms with Gasteiger partial charge in [-0.3, -0.25) is 0 Å². The highest BCUT2D eigenvalue weighted by Crippen LogP contribution is 2.32. The van der Waals surface area contributed by atoms with Gasteiger partial charge in [0.15, 0.2) is 0 Å². The van der Waals surface area contributed by atoms with Gasteiger partial charge in [0, 0.05) is 10.0 Å². The zero-order valence-electron chi connectivity index (χ0n) is 12.3. The van der Waals surface area contributed by atoms with E-state index in [1.165, 1.54) is 0 Å². The van der Waals surface area contributed by atoms with E-state index in [1.54, 1.807) is 30.4 Å². The predicted octanol–water partition coefficient (Wildman–Crippen LogP) is 4.84. The van der Waals surface area contributed by atoms with Gasteiger partial charge in [-0.25, -0.2) is 4.79 Å². The highest BCUT2D eigenvalue weighted by Gasteiger charge is 2.05. The molecular weight excluding hydrogens is 436 g/mol. The van der Waals surface area contributed by atoms with Crippen LogP contribution in [0.1, 0.15) is 11.3 Å². The van der Waals surface area contributed by atoms with Gasteiger partial charge in [0.05, 0.1) is 15.9 Å². The molecule has 1 heterocycles. The first-order valence-electron chi connectivity index (χ1n) is 7.06. The molecule has 0 saturated carbocycles. The largest absolute Gasteiger partial charge is 0.506 e. The van der Waals surface area contributed by atoms with Crippen LogP contribution < -0.4 is 5.69 Å². The Kier molecular flexibility index (Phi) is 4.97. The minimum atomic E-state index is -0.421. The number of aromatic amines is 1. The molecule has 2 N–H and O–H groups in total. The lowest BCUT2D eigenvalue weighted by Gasteiger charge is -2.04. The van der Waals surface area contributed by atoms with Gasteiger partial charge in [-0.2, -0.15) is 4.98 Å². The van der Waals surface area contributed by atoms with Crippen molar-refractivity contribution in [2.24, 2.45) is 0 Å². The van der Waals surface area contributed by atoms with Crippen LogP contribution in [0.5, 0.6) is 5.75 Å². The van der Waals surface area contributed by atoms with Crippen LogP contribution in [0.4, 0.5) is 0 Å². The number of aromatic nitrogens is 2. The molecule has 0 aliphatic heterocycles. The maximum atomic E-state index is 11.8. The molecule has 0 unspecified atom stereocenters. The summed E-state index contributed by atoms with van der Waals surface area (Å²) in [6.45, 7) is 0. The van der Waals surface area contributed by atoms with Crippen molar-refractivity contribution in [1.82, 2.24) is 9.97 Å². The molecule has 0 spiro atoms. The second kappa shape index (κ2) is 7.15. The first-order chi connectivity index (χ1) is 11.5. The molecule has 3 aromatic rings. The number of H-pyrrole nitrogens is 1. The first kappa shape index (κ1) is 16.7. The maximum Gasteiger partial charge on any atom is 0.345 e. The van der Waals surface area contributed by atoms with Crippen LogP contribution in [0.3, 0.4) is 0 Å². The van der Waals surface area contributed by atoms with Gasteiger partial charge in [0.1, 0.15) is 5.75 Å². The third-order valence-electron chi connectivity index (χ3n) is 3.34. The third-order valence-corrected chi connectivity index (χ3v) is 4.40. The van der Waals surface area contributed by atoms with E-state index in [9.17, 15) is 9.90 Å². The minimum absolute atomic E-state index is 0.127. The van der Waals surface area contributed by atoms with Crippen LogP contribution in [0.15, 0.2) is 62.3 Å². The average molecular weight is 448 g/mol. The number of nitrogens with one attached hydrogen (secondary N) is 1. The van der Waals surface area contributed by atoms with Crippen LogP contribution in [-0.2, 0) is 0 Å². The van der Waals surface area contributed by atoms with Gasteiger partial charge in [0.25, 0.3) is 0 Å². The zero-order valence-corrected chi connectivity index (χ0v) is 15.5. The smallest absolute Gasteiger partial charge is 0.345 e. The molecule has 0 fully saturated rings. The number of hydrogen-bond donors (Lipinski definition) is 2. The fraction of sp³-hybridized carbons (Fsp3) is 0. The summed E-state index contributed by atoms with van der Waals surface area (Å²) in [6.07, 6.45) is 3.40. The average Bonchev–Trinajstić information content (AvgIpc) is 2.57. The Morgan fingerprint density at radius 2 is 1.79 bits per heavy atom. The molecule has 0 atom stereocenters. The molecule has 6 heteroatoms. The lowest BCUT2D eigenvalue weighted by molar-refractivity contribution is 0.470. The first-order valence-corrected chi connectivity index (χ1v) is 8.64. The van der Waals surface area contributed by atoms with Crippen molar-refractivity contribution in [3.8, 4) is 17.0 Å². The van der Waals surface area contributed by atoms with E-state index in [0.29, 0.717) is 21.4 Å². The van der Waals surface area contributed by atoms with Crippen molar-refractivity contribution in [3.63, 3.8) is 0 Å². The number of aromatic hydroxyl groups is 1. The summed E-state index contributed by atoms with van der Waals surface area (Å²) in [5.74, 6) is 0.127. The number of rotatable bonds is 3. The molecular formula is C18H12Br2N2O2. The molecule has 120 valence electrons. The number of hydrogen-bond acceptors (Lipinski definition) is 3. The van der Waals surface area contributed by atoms with Crippen molar-refractivity contribution in [1.29, 1.82) is 0 Å². The van der Waals surface area contributed by atoms with Crippen molar-refractivity contribution < 1.29 is 5.11 Å². The Bertz CT molecular complexity index is 966. The van der Waals surface area contributed by atoms with Crippen LogP contribution in [0.2, 0.25) is 0 Å². The van der Waals surface area contributed by atoms with Crippen LogP contribution in [0.25, 0.3) is 23.4 Å². The fourth-order valence-electron chi connectivity index (χ4n) is 2.22. The van der Waals surface area contributed by atoms with Gasteiger partial charge in [0.2, 0.25) is 0 Å². The quantitative estimate of drug-likeness (QED) is 0.603. The summed E-state index contributed by atoms with van der Waals surface area (Å²) in [5.41, 5.74) is 2.29. The van der Waals surface area contributed by atoms with Crippen molar-refractivity contribution in [3.05, 3.63) is 79.2 Å². The van der Waals surface area contributed by atoms with E-state index < -0.39 is 5.69 Å². The van der Waals surface area contributed by atoms with Crippen LogP contribution in [0, 0.1) is 0 Å². The van der Waals surface area contributed by atoms with E-state index in [1.807, 2.05) is 30.3 Å². The third kappa shape index (κ3) is 3.83. The Hall–Kier alpha value is -2.18. The van der Waals surface area contributed by atoms with Gasteiger partial charge < -0.3 is 10.1 Å². The van der Waals surface area contributed by atoms with Crippen molar-refractivity contribution in [2.75, 3.05) is 0 Å². The second-order valence-corrected chi connectivity index (χ2v) is 6.82. The minimum Gasteiger partial charge on any atom is -0.506 e. The Balaban J connectivity index is 1.99. The monoisotopic (exact) mass is 446 g/mol. The normalized spacial score (nSPS) is 11.1. The summed E-state index contributed by atoms with van der Waals surface area (Å²) < 4.78 is 1.41. The summed E-state index contributed by atoms with van der Waals surface area (Å²) in [4.78, 5) is 18.5. The number of halogens is 2. The highest BCUT2D eigenvalue weighted by atomic mass is 79.9. The van der Waals surface area contributed by atoms with Gasteiger partial charge >= 0.3 is 5.69 Å². The fourth-order valence-corrected chi connectivity index (χ4v) is 3.48. The molecule has 0 aliphatic rings. The maximum absolute atomic E-state index is 11.8. The summed E-state index contributed by atoms with van der Waals surface area (Å²) in [6, 6.07) is 14.9. The van der Waals surface area contributed by atoms with Crippen LogP contribution >= 0.6 is 31.9 Å². The van der Waals surface area contributed by atoms with E-state index >= 15 is 0 Å². The van der Waals surface area contributed by atoms with E-state index in [-0.39, 0.29) is 5.75 Å². The molecule has 4 nitrogen and oxygen atoms in total. The van der Waals surface area contributed by atoms with Crippen LogP contribution in [-0.4, -0.2) is 15.1 Å². The molecule has 0 aliphatic carbocycles. The van der Waals surface area contributed by atoms with Gasteiger partial charge in [-0.05, 0) is 51.8 Å². The Morgan fingerprint density at radius 1 is 1.04 bits per heavy atom. The number of phenolic OH excluding ortho intramolecular Hbond substituents is 1. The topological polar surface area (TPSA) is 66.0 Å². The van der Waals surface area contributed by atoms with Gasteiger partial charge in [-0.15, -0.1) is 0 Å². The predicted molar refractivity (Wildman–Crippen MR) is 103 cm³/mol. The number of benzene rings is 2. The molecule has 0 amide bonds. The highest BCUT2D eigenvalue weighted by molar-refractivity contribution is 9.11. The standard InChI is InChI=1S/C18H12Br2N2O2/c19-13-8-12(17(23)15(20)9-13)6-7-14-10-16(22-18(24)21-14)11-4-2-1-3-5-11/h1-10,23H,(H,21,22,24)/b7-6+. The molecule has 0 radical (unpaired) electrons. The van der Waals surface area contributed by atoms with Crippen molar-refractivity contribution in [2.45, 2.75) is 0 Å². The summed E-state index contributed by atoms with van der Waals surface area (Å²) >= 11 is 6.67. The number of phenols is 1. The van der Waals surface area contributed by atoms with E-state index in [0.717, 1.165) is 10.0 Å². The molecule has 1 aromatic heterocycles. The van der Waals surface area contributed by atoms with E-state index in [2.05, 4.69) is 41.8 Å². The molecule has 24 heavy (non-hydrogen) atoms. The lowest BCUT2D eigenvalue weighted by Crippen LogP contribution is -2.12. The second-order valence-electron chi connectivity index (χ2n) is 5.05. The molecule has 0 bridgehead atoms. The Morgan fingerprint density at radius 3 is 2.54 bits per heavy atom. The van der Waals surface area contributed by atoms with E-state index in [4.69, 9.17) is 0 Å². The zero-order chi connectivity index (χ0) is 17.1. The summed E-state index contributed by atoms with van der Waals surface area (Å²) in [5, 5.41) is 10.1. The number of nitrogens with zero attached hydrogens (tertiary/aromatic N) is 1. The SMILES string of the molecule is O=c1nc(/C=C/c2cc(Br)cc(Br)c2O)cc(-c2ccccc2)[nH]1. The van der Waals surface area contributed by atoms with Gasteiger partial charge in [-0.1, -0.05) is 46.3 Å². The Labute approximate surface area is 155 Å². The summed E-state index contributed by atoms with van der Waals surface area (Å²) in [7, 11) is 0. The molecule has 0 saturated heterocycles.